The number of hydrogen-bond donors (Lipinski definition) is 2. The van der Waals surface area contributed by atoms with Gasteiger partial charge in [-0.3, -0.25) is 5.10 Å². The Kier molecular flexibility index (Phi) is 3.41. The topological polar surface area (TPSA) is 73.2 Å². The quantitative estimate of drug-likeness (QED) is 0.869. The minimum absolute atomic E-state index is 0.517. The van der Waals surface area contributed by atoms with Gasteiger partial charge in [-0.25, -0.2) is 0 Å². The van der Waals surface area contributed by atoms with E-state index in [0.29, 0.717) is 17.3 Å². The first kappa shape index (κ1) is 12.3. The van der Waals surface area contributed by atoms with Crippen molar-refractivity contribution < 1.29 is 9.47 Å². The molecule has 0 amide bonds. The molecule has 18 heavy (non-hydrogen) atoms. The van der Waals surface area contributed by atoms with Crippen molar-refractivity contribution in [3.8, 4) is 22.6 Å². The Hall–Kier alpha value is -2.17. The van der Waals surface area contributed by atoms with Gasteiger partial charge >= 0.3 is 0 Å². The third-order valence-corrected chi connectivity index (χ3v) is 2.91. The summed E-state index contributed by atoms with van der Waals surface area (Å²) in [6.45, 7) is 2.09. The van der Waals surface area contributed by atoms with Gasteiger partial charge in [-0.1, -0.05) is 6.92 Å². The maximum absolute atomic E-state index is 5.86. The van der Waals surface area contributed by atoms with Crippen LogP contribution in [0.1, 0.15) is 12.5 Å². The fourth-order valence-electron chi connectivity index (χ4n) is 1.94. The predicted molar refractivity (Wildman–Crippen MR) is 70.9 cm³/mol. The molecule has 3 N–H and O–H groups in total. The third kappa shape index (κ3) is 1.99. The number of nitrogens with two attached hydrogens (primary N) is 1. The number of aryl methyl sites for hydroxylation is 1. The van der Waals surface area contributed by atoms with E-state index in [1.807, 2.05) is 12.1 Å². The van der Waals surface area contributed by atoms with Crippen molar-refractivity contribution in [3.63, 3.8) is 0 Å². The molecule has 96 valence electrons. The first-order valence-electron chi connectivity index (χ1n) is 5.75. The van der Waals surface area contributed by atoms with Crippen molar-refractivity contribution in [1.82, 2.24) is 10.2 Å². The molecule has 0 spiro atoms. The van der Waals surface area contributed by atoms with E-state index in [2.05, 4.69) is 17.1 Å². The van der Waals surface area contributed by atoms with E-state index in [-0.39, 0.29) is 0 Å². The predicted octanol–water partition coefficient (Wildman–Crippen LogP) is 2.24. The van der Waals surface area contributed by atoms with E-state index >= 15 is 0 Å². The highest BCUT2D eigenvalue weighted by molar-refractivity contribution is 5.80. The molecule has 0 atom stereocenters. The van der Waals surface area contributed by atoms with Gasteiger partial charge in [-0.2, -0.15) is 5.10 Å². The minimum Gasteiger partial charge on any atom is -0.493 e. The van der Waals surface area contributed by atoms with Crippen molar-refractivity contribution >= 4 is 5.82 Å². The summed E-state index contributed by atoms with van der Waals surface area (Å²) < 4.78 is 10.8. The molecular weight excluding hydrogens is 230 g/mol. The molecule has 0 aliphatic carbocycles. The molecule has 1 heterocycles. The average Bonchev–Trinajstić information content (AvgIpc) is 2.83. The van der Waals surface area contributed by atoms with E-state index < -0.39 is 0 Å². The molecule has 0 saturated carbocycles. The molecule has 5 heteroatoms. The zero-order valence-electron chi connectivity index (χ0n) is 10.8. The number of H-pyrrole nitrogens is 1. The highest BCUT2D eigenvalue weighted by Crippen LogP contribution is 2.40. The molecule has 0 aliphatic rings. The number of benzene rings is 1. The van der Waals surface area contributed by atoms with Gasteiger partial charge in [-0.15, -0.1) is 0 Å². The van der Waals surface area contributed by atoms with Crippen molar-refractivity contribution in [1.29, 1.82) is 0 Å². The fraction of sp³-hybridized carbons (Fsp3) is 0.308. The van der Waals surface area contributed by atoms with Gasteiger partial charge < -0.3 is 15.2 Å². The number of nitrogens with one attached hydrogen (secondary N) is 1. The van der Waals surface area contributed by atoms with Crippen LogP contribution in [0.2, 0.25) is 0 Å². The maximum Gasteiger partial charge on any atom is 0.168 e. The fourth-order valence-corrected chi connectivity index (χ4v) is 1.94. The van der Waals surface area contributed by atoms with Gasteiger partial charge in [0.25, 0.3) is 0 Å². The van der Waals surface area contributed by atoms with E-state index in [4.69, 9.17) is 15.2 Å². The largest absolute Gasteiger partial charge is 0.493 e. The summed E-state index contributed by atoms with van der Waals surface area (Å²) in [5.41, 5.74) is 8.73. The summed E-state index contributed by atoms with van der Waals surface area (Å²) in [5.74, 6) is 1.89. The standard InChI is InChI=1S/C13H17N3O2/c1-4-8-5-9(10-7-15-16-13(10)14)12(18-3)11(6-8)17-2/h5-7H,4H2,1-3H3,(H3,14,15,16). The Labute approximate surface area is 106 Å². The summed E-state index contributed by atoms with van der Waals surface area (Å²) in [6.07, 6.45) is 2.59. The molecule has 0 aliphatic heterocycles. The second kappa shape index (κ2) is 5.00. The van der Waals surface area contributed by atoms with Crippen LogP contribution in [-0.4, -0.2) is 24.4 Å². The number of ether oxygens (including phenoxy) is 2. The lowest BCUT2D eigenvalue weighted by Crippen LogP contribution is -1.97. The van der Waals surface area contributed by atoms with Crippen molar-refractivity contribution in [2.75, 3.05) is 20.0 Å². The van der Waals surface area contributed by atoms with Gasteiger partial charge in [0.05, 0.1) is 20.4 Å². The normalized spacial score (nSPS) is 10.4. The summed E-state index contributed by atoms with van der Waals surface area (Å²) >= 11 is 0. The highest BCUT2D eigenvalue weighted by Gasteiger charge is 2.16. The molecule has 0 saturated heterocycles. The smallest absolute Gasteiger partial charge is 0.168 e. The van der Waals surface area contributed by atoms with Crippen LogP contribution >= 0.6 is 0 Å². The molecule has 1 aromatic carbocycles. The number of aromatic nitrogens is 2. The summed E-state index contributed by atoms with van der Waals surface area (Å²) in [6, 6.07) is 4.02. The zero-order chi connectivity index (χ0) is 13.1. The first-order chi connectivity index (χ1) is 8.71. The van der Waals surface area contributed by atoms with Crippen LogP contribution in [0.15, 0.2) is 18.3 Å². The lowest BCUT2D eigenvalue weighted by Gasteiger charge is -2.14. The second-order valence-corrected chi connectivity index (χ2v) is 3.93. The molecule has 5 nitrogen and oxygen atoms in total. The molecule has 1 aromatic heterocycles. The van der Waals surface area contributed by atoms with E-state index in [0.717, 1.165) is 23.1 Å². The van der Waals surface area contributed by atoms with Crippen molar-refractivity contribution in [2.24, 2.45) is 0 Å². The molecular formula is C13H17N3O2. The van der Waals surface area contributed by atoms with Crippen LogP contribution in [0.25, 0.3) is 11.1 Å². The highest BCUT2D eigenvalue weighted by atomic mass is 16.5. The lowest BCUT2D eigenvalue weighted by molar-refractivity contribution is 0.356. The maximum atomic E-state index is 5.86. The van der Waals surface area contributed by atoms with Gasteiger partial charge in [-0.05, 0) is 24.1 Å². The van der Waals surface area contributed by atoms with Crippen LogP contribution in [0.4, 0.5) is 5.82 Å². The van der Waals surface area contributed by atoms with Crippen LogP contribution in [0.3, 0.4) is 0 Å². The Morgan fingerprint density at radius 1 is 1.22 bits per heavy atom. The average molecular weight is 247 g/mol. The van der Waals surface area contributed by atoms with E-state index in [9.17, 15) is 0 Å². The van der Waals surface area contributed by atoms with Crippen LogP contribution in [0, 0.1) is 0 Å². The van der Waals surface area contributed by atoms with E-state index in [1.165, 1.54) is 0 Å². The number of nitrogens with zero attached hydrogens (tertiary/aromatic N) is 1. The van der Waals surface area contributed by atoms with E-state index in [1.54, 1.807) is 20.4 Å². The summed E-state index contributed by atoms with van der Waals surface area (Å²) in [7, 11) is 3.24. The van der Waals surface area contributed by atoms with Crippen LogP contribution in [0.5, 0.6) is 11.5 Å². The third-order valence-electron chi connectivity index (χ3n) is 2.91. The van der Waals surface area contributed by atoms with Crippen molar-refractivity contribution in [2.45, 2.75) is 13.3 Å². The van der Waals surface area contributed by atoms with Crippen LogP contribution < -0.4 is 15.2 Å². The minimum atomic E-state index is 0.517. The Morgan fingerprint density at radius 2 is 2.00 bits per heavy atom. The zero-order valence-corrected chi connectivity index (χ0v) is 10.8. The van der Waals surface area contributed by atoms with Gasteiger partial charge in [0.1, 0.15) is 5.82 Å². The van der Waals surface area contributed by atoms with Gasteiger partial charge in [0.15, 0.2) is 11.5 Å². The monoisotopic (exact) mass is 247 g/mol. The summed E-state index contributed by atoms with van der Waals surface area (Å²) in [4.78, 5) is 0. The number of methoxy groups -OCH3 is 2. The molecule has 0 radical (unpaired) electrons. The molecule has 0 fully saturated rings. The Balaban J connectivity index is 2.67. The van der Waals surface area contributed by atoms with Gasteiger partial charge in [0, 0.05) is 11.1 Å². The molecule has 2 aromatic rings. The molecule has 0 bridgehead atoms. The SMILES string of the molecule is CCc1cc(OC)c(OC)c(-c2cn[nH]c2N)c1. The first-order valence-corrected chi connectivity index (χ1v) is 5.75. The Morgan fingerprint density at radius 3 is 2.50 bits per heavy atom. The molecule has 2 rings (SSSR count). The second-order valence-electron chi connectivity index (χ2n) is 3.93. The number of anilines is 1. The number of rotatable bonds is 4. The Bertz CT molecular complexity index is 549. The number of nitrogen functional groups attached to an aromatic ring is 1. The number of hydrogen-bond acceptors (Lipinski definition) is 4. The lowest BCUT2D eigenvalue weighted by atomic mass is 10.0. The number of aromatic amines is 1. The van der Waals surface area contributed by atoms with Crippen molar-refractivity contribution in [3.05, 3.63) is 23.9 Å². The molecule has 0 unspecified atom stereocenters. The summed E-state index contributed by atoms with van der Waals surface area (Å²) in [5, 5.41) is 6.66. The van der Waals surface area contributed by atoms with Crippen LogP contribution in [-0.2, 0) is 6.42 Å². The van der Waals surface area contributed by atoms with Gasteiger partial charge in [0.2, 0.25) is 0 Å².